The third-order valence-corrected chi connectivity index (χ3v) is 6.53. The van der Waals surface area contributed by atoms with Gasteiger partial charge in [0.15, 0.2) is 5.82 Å². The van der Waals surface area contributed by atoms with Crippen LogP contribution < -0.4 is 4.57 Å². The van der Waals surface area contributed by atoms with E-state index in [4.69, 9.17) is 4.11 Å². The summed E-state index contributed by atoms with van der Waals surface area (Å²) in [5.41, 5.74) is 7.27. The van der Waals surface area contributed by atoms with E-state index in [1.807, 2.05) is 54.9 Å². The molecule has 3 aromatic carbocycles. The average Bonchev–Trinajstić information content (AvgIpc) is 3.38. The topological polar surface area (TPSA) is 13.7 Å². The van der Waals surface area contributed by atoms with E-state index < -0.39 is 6.85 Å². The smallest absolute Gasteiger partial charge is 0.233 e. The predicted molar refractivity (Wildman–Crippen MR) is 140 cm³/mol. The van der Waals surface area contributed by atoms with Crippen LogP contribution in [0.2, 0.25) is 0 Å². The van der Waals surface area contributed by atoms with E-state index in [1.165, 1.54) is 11.1 Å². The van der Waals surface area contributed by atoms with Gasteiger partial charge in [-0.25, -0.2) is 10.1 Å². The zero-order valence-electron chi connectivity index (χ0n) is 23.8. The first kappa shape index (κ1) is 21.5. The molecular weight excluding hydrogens is 503 g/mol. The molecule has 0 aliphatic rings. The minimum absolute atomic E-state index is 0. The maximum Gasteiger partial charge on any atom is 0.233 e. The van der Waals surface area contributed by atoms with Crippen LogP contribution in [0.1, 0.15) is 40.1 Å². The average molecular weight is 537 g/mol. The molecule has 0 bridgehead atoms. The van der Waals surface area contributed by atoms with Crippen LogP contribution in [-0.2, 0) is 39.8 Å². The summed E-state index contributed by atoms with van der Waals surface area (Å²) in [5.74, 6) is 1.90. The summed E-state index contributed by atoms with van der Waals surface area (Å²) in [4.78, 5) is 0. The van der Waals surface area contributed by atoms with E-state index in [0.717, 1.165) is 39.4 Å². The van der Waals surface area contributed by atoms with Gasteiger partial charge in [-0.15, -0.1) is 19.8 Å². The first-order valence-electron chi connectivity index (χ1n) is 13.0. The van der Waals surface area contributed by atoms with E-state index in [2.05, 4.69) is 71.8 Å². The standard InChI is InChI=1S/C31H30N3.Y/c1-7-21(2)27-19-33(30-24(5)15-12-18-26(27)30)28-20-34(29-22(3)13-11-14-23(29)4)31(32(28)6)25-16-9-8-10-17-25;/h8-18,20H,1-6H3;/q-1;/i2D3;. The van der Waals surface area contributed by atoms with Gasteiger partial charge in [-0.2, -0.15) is 5.39 Å². The van der Waals surface area contributed by atoms with Crippen molar-refractivity contribution in [3.8, 4) is 22.9 Å². The molecule has 0 saturated heterocycles. The number of hydrogen-bond acceptors (Lipinski definition) is 0. The molecule has 5 rings (SSSR count). The molecule has 0 amide bonds. The van der Waals surface area contributed by atoms with Gasteiger partial charge in [-0.3, -0.25) is 10.1 Å². The molecule has 35 heavy (non-hydrogen) atoms. The Bertz CT molecular complexity index is 1640. The Morgan fingerprint density at radius 1 is 0.914 bits per heavy atom. The van der Waals surface area contributed by atoms with Crippen molar-refractivity contribution < 1.29 is 41.4 Å². The summed E-state index contributed by atoms with van der Waals surface area (Å²) in [7, 11) is 2.05. The number of imidazole rings is 1. The van der Waals surface area contributed by atoms with Crippen LogP contribution in [0, 0.1) is 33.0 Å². The van der Waals surface area contributed by atoms with Crippen LogP contribution in [0.25, 0.3) is 39.4 Å². The van der Waals surface area contributed by atoms with Crippen LogP contribution in [0.3, 0.4) is 0 Å². The number of fused-ring (bicyclic) bond motifs is 1. The van der Waals surface area contributed by atoms with Crippen LogP contribution in [-0.4, -0.2) is 9.13 Å². The Hall–Kier alpha value is -2.75. The maximum atomic E-state index is 8.12. The Morgan fingerprint density at radius 2 is 1.57 bits per heavy atom. The molecule has 2 heterocycles. The summed E-state index contributed by atoms with van der Waals surface area (Å²) in [6, 6.07) is 22.6. The summed E-state index contributed by atoms with van der Waals surface area (Å²) in [6.07, 6.45) is 8.49. The minimum Gasteiger partial charge on any atom is -0.348 e. The molecule has 0 aliphatic heterocycles. The number of aromatic nitrogens is 3. The zero-order valence-corrected chi connectivity index (χ0v) is 23.7. The minimum atomic E-state index is -2.30. The Kier molecular flexibility index (Phi) is 6.20. The van der Waals surface area contributed by atoms with Crippen molar-refractivity contribution in [2.45, 2.75) is 34.5 Å². The number of aryl methyl sites for hydroxylation is 3. The fourth-order valence-electron chi connectivity index (χ4n) is 4.89. The van der Waals surface area contributed by atoms with Crippen LogP contribution >= 0.6 is 0 Å². The first-order valence-corrected chi connectivity index (χ1v) is 11.5. The molecule has 2 aromatic heterocycles. The Labute approximate surface area is 237 Å². The molecule has 3 nitrogen and oxygen atoms in total. The van der Waals surface area contributed by atoms with E-state index in [9.17, 15) is 0 Å². The van der Waals surface area contributed by atoms with Crippen molar-refractivity contribution in [3.63, 3.8) is 0 Å². The number of allylic oxidation sites excluding steroid dienone is 2. The van der Waals surface area contributed by atoms with Crippen molar-refractivity contribution in [1.82, 2.24) is 9.13 Å². The molecule has 0 aliphatic carbocycles. The summed E-state index contributed by atoms with van der Waals surface area (Å²) < 4.78 is 30.7. The molecule has 4 heteroatoms. The number of nitrogens with zero attached hydrogens (tertiary/aromatic N) is 3. The van der Waals surface area contributed by atoms with Gasteiger partial charge in [-0.05, 0) is 49.5 Å². The van der Waals surface area contributed by atoms with Crippen LogP contribution in [0.4, 0.5) is 0 Å². The van der Waals surface area contributed by atoms with Gasteiger partial charge in [0.25, 0.3) is 0 Å². The van der Waals surface area contributed by atoms with Gasteiger partial charge < -0.3 is 10.6 Å². The van der Waals surface area contributed by atoms with Crippen molar-refractivity contribution in [3.05, 3.63) is 107 Å². The Morgan fingerprint density at radius 3 is 2.23 bits per heavy atom. The van der Waals surface area contributed by atoms with Crippen molar-refractivity contribution in [1.29, 1.82) is 0 Å². The van der Waals surface area contributed by atoms with Crippen LogP contribution in [0.15, 0.2) is 72.9 Å². The van der Waals surface area contributed by atoms with Gasteiger partial charge in [0.2, 0.25) is 5.82 Å². The van der Waals surface area contributed by atoms with E-state index in [-0.39, 0.29) is 38.3 Å². The summed E-state index contributed by atoms with van der Waals surface area (Å²) in [5, 5.41) is 0.849. The van der Waals surface area contributed by atoms with Gasteiger partial charge in [0, 0.05) is 42.4 Å². The number of para-hydroxylation sites is 2. The monoisotopic (exact) mass is 536 g/mol. The number of hydrogen-bond donors (Lipinski definition) is 0. The summed E-state index contributed by atoms with van der Waals surface area (Å²) >= 11 is 0. The predicted octanol–water partition coefficient (Wildman–Crippen LogP) is 6.86. The van der Waals surface area contributed by atoms with E-state index in [1.54, 1.807) is 6.92 Å². The van der Waals surface area contributed by atoms with E-state index in [0.29, 0.717) is 5.56 Å². The number of benzene rings is 3. The van der Waals surface area contributed by atoms with Gasteiger partial charge in [0.05, 0.1) is 7.05 Å². The number of rotatable bonds is 4. The third kappa shape index (κ3) is 4.26. The molecule has 1 radical (unpaired) electrons. The quantitative estimate of drug-likeness (QED) is 0.176. The molecule has 0 N–H and O–H groups in total. The third-order valence-electron chi connectivity index (χ3n) is 6.53. The largest absolute Gasteiger partial charge is 0.348 e. The van der Waals surface area contributed by atoms with Gasteiger partial charge in [-0.1, -0.05) is 60.3 Å². The molecular formula is C31H30N3Y-. The molecule has 5 aromatic rings. The van der Waals surface area contributed by atoms with Crippen LogP contribution in [0.5, 0.6) is 0 Å². The van der Waals surface area contributed by atoms with Crippen molar-refractivity contribution >= 4 is 16.5 Å². The second-order valence-corrected chi connectivity index (χ2v) is 8.76. The SMILES string of the molecule is [2H]C([2H])([2H])C(=[C-]C)c1[c-]n(-c2cn(-c3c(C)cccc3C)c(-c3ccccc3)[n+]2C)c2c(C)cccc12.[Y]. The van der Waals surface area contributed by atoms with Crippen molar-refractivity contribution in [2.75, 3.05) is 0 Å². The molecule has 173 valence electrons. The zero-order chi connectivity index (χ0) is 26.5. The summed E-state index contributed by atoms with van der Waals surface area (Å²) in [6.45, 7) is 5.65. The molecule has 0 saturated carbocycles. The second-order valence-electron chi connectivity index (χ2n) is 8.76. The fraction of sp³-hybridized carbons (Fsp3) is 0.194. The molecule has 0 fully saturated rings. The molecule has 0 unspecified atom stereocenters. The van der Waals surface area contributed by atoms with Crippen molar-refractivity contribution in [2.24, 2.45) is 7.05 Å². The van der Waals surface area contributed by atoms with E-state index >= 15 is 0 Å². The first-order chi connectivity index (χ1) is 17.6. The Balaban J connectivity index is 0.00000336. The normalized spacial score (nSPS) is 13.3. The molecule has 0 spiro atoms. The van der Waals surface area contributed by atoms with Gasteiger partial charge in [0.1, 0.15) is 11.9 Å². The maximum absolute atomic E-state index is 8.12. The second kappa shape index (κ2) is 10.1. The molecule has 0 atom stereocenters. The van der Waals surface area contributed by atoms with Gasteiger partial charge >= 0.3 is 0 Å². The fourth-order valence-corrected chi connectivity index (χ4v) is 4.89.